The zero-order valence-electron chi connectivity index (χ0n) is 11.1. The van der Waals surface area contributed by atoms with Crippen LogP contribution in [-0.2, 0) is 19.1 Å². The molecule has 0 aromatic carbocycles. The Kier molecular flexibility index (Phi) is 6.93. The van der Waals surface area contributed by atoms with Crippen molar-refractivity contribution in [3.63, 3.8) is 0 Å². The molecule has 19 heavy (non-hydrogen) atoms. The molecule has 1 heterocycles. The van der Waals surface area contributed by atoms with Gasteiger partial charge >= 0.3 is 5.97 Å². The standard InChI is InChI=1S/C13H19NO5/c1-18-13(17)10-19-8-3-2-7-14-11(9-15)5-4-6-12(14)16/h11,15H,4-10H2,1H3. The van der Waals surface area contributed by atoms with E-state index in [0.29, 0.717) is 6.42 Å². The number of hydrogen-bond donors (Lipinski definition) is 1. The Morgan fingerprint density at radius 3 is 3.00 bits per heavy atom. The third-order valence-electron chi connectivity index (χ3n) is 2.90. The molecule has 1 amide bonds. The van der Waals surface area contributed by atoms with Gasteiger partial charge < -0.3 is 19.5 Å². The summed E-state index contributed by atoms with van der Waals surface area (Å²) < 4.78 is 9.36. The average molecular weight is 269 g/mol. The van der Waals surface area contributed by atoms with Crippen molar-refractivity contribution in [1.29, 1.82) is 0 Å². The number of likely N-dealkylation sites (tertiary alicyclic amines) is 1. The number of nitrogens with zero attached hydrogens (tertiary/aromatic N) is 1. The van der Waals surface area contributed by atoms with Crippen LogP contribution in [0.2, 0.25) is 0 Å². The van der Waals surface area contributed by atoms with E-state index in [2.05, 4.69) is 16.6 Å². The topological polar surface area (TPSA) is 76.1 Å². The molecule has 1 aliphatic rings. The first-order valence-electron chi connectivity index (χ1n) is 6.19. The second kappa shape index (κ2) is 8.51. The van der Waals surface area contributed by atoms with Gasteiger partial charge in [-0.1, -0.05) is 11.8 Å². The fourth-order valence-electron chi connectivity index (χ4n) is 1.84. The van der Waals surface area contributed by atoms with Crippen molar-refractivity contribution in [1.82, 2.24) is 4.90 Å². The highest BCUT2D eigenvalue weighted by Gasteiger charge is 2.26. The van der Waals surface area contributed by atoms with Crippen LogP contribution in [0.1, 0.15) is 19.3 Å². The predicted octanol–water partition coefficient (Wildman–Crippen LogP) is -0.447. The molecule has 1 N–H and O–H groups in total. The maximum Gasteiger partial charge on any atom is 0.331 e. The van der Waals surface area contributed by atoms with Crippen molar-refractivity contribution in [2.45, 2.75) is 25.3 Å². The number of ether oxygens (including phenoxy) is 2. The summed E-state index contributed by atoms with van der Waals surface area (Å²) >= 11 is 0. The van der Waals surface area contributed by atoms with Crippen molar-refractivity contribution in [2.75, 3.05) is 33.5 Å². The lowest BCUT2D eigenvalue weighted by Gasteiger charge is -2.32. The molecule has 1 aliphatic heterocycles. The Hall–Kier alpha value is -1.58. The van der Waals surface area contributed by atoms with Crippen LogP contribution in [0.15, 0.2) is 0 Å². The van der Waals surface area contributed by atoms with Crippen LogP contribution in [-0.4, -0.2) is 61.4 Å². The number of aliphatic hydroxyl groups is 1. The number of piperidine rings is 1. The predicted molar refractivity (Wildman–Crippen MR) is 67.0 cm³/mol. The Bertz CT molecular complexity index is 371. The lowest BCUT2D eigenvalue weighted by Crippen LogP contribution is -2.45. The molecule has 6 heteroatoms. The van der Waals surface area contributed by atoms with Crippen LogP contribution in [0.3, 0.4) is 0 Å². The maximum atomic E-state index is 11.7. The van der Waals surface area contributed by atoms with E-state index in [1.165, 1.54) is 7.11 Å². The number of amides is 1. The van der Waals surface area contributed by atoms with Gasteiger partial charge in [0.25, 0.3) is 0 Å². The first kappa shape index (κ1) is 15.5. The average Bonchev–Trinajstić information content (AvgIpc) is 2.43. The molecule has 1 fully saturated rings. The van der Waals surface area contributed by atoms with E-state index in [-0.39, 0.29) is 38.3 Å². The Morgan fingerprint density at radius 1 is 1.53 bits per heavy atom. The van der Waals surface area contributed by atoms with Crippen molar-refractivity contribution in [2.24, 2.45) is 0 Å². The zero-order chi connectivity index (χ0) is 14.1. The van der Waals surface area contributed by atoms with E-state index >= 15 is 0 Å². The third kappa shape index (κ3) is 5.28. The van der Waals surface area contributed by atoms with E-state index in [1.54, 1.807) is 4.90 Å². The molecule has 0 saturated carbocycles. The van der Waals surface area contributed by atoms with E-state index in [4.69, 9.17) is 4.74 Å². The number of rotatable bonds is 5. The van der Waals surface area contributed by atoms with Crippen LogP contribution in [0.25, 0.3) is 0 Å². The summed E-state index contributed by atoms with van der Waals surface area (Å²) in [6, 6.07) is -0.133. The molecule has 0 radical (unpaired) electrons. The molecule has 6 nitrogen and oxygen atoms in total. The molecule has 0 aromatic heterocycles. The van der Waals surface area contributed by atoms with Crippen LogP contribution in [0.4, 0.5) is 0 Å². The number of carbonyl (C=O) groups is 2. The maximum absolute atomic E-state index is 11.7. The molecule has 0 aliphatic carbocycles. The van der Waals surface area contributed by atoms with Crippen LogP contribution >= 0.6 is 0 Å². The van der Waals surface area contributed by atoms with Gasteiger partial charge in [-0.15, -0.1) is 0 Å². The highest BCUT2D eigenvalue weighted by Crippen LogP contribution is 2.16. The van der Waals surface area contributed by atoms with Crippen molar-refractivity contribution >= 4 is 11.9 Å². The smallest absolute Gasteiger partial charge is 0.331 e. The summed E-state index contributed by atoms with van der Waals surface area (Å²) in [7, 11) is 1.29. The van der Waals surface area contributed by atoms with Gasteiger partial charge in [-0.3, -0.25) is 4.79 Å². The first-order chi connectivity index (χ1) is 9.19. The third-order valence-corrected chi connectivity index (χ3v) is 2.90. The Morgan fingerprint density at radius 2 is 2.32 bits per heavy atom. The fraction of sp³-hybridized carbons (Fsp3) is 0.692. The fourth-order valence-corrected chi connectivity index (χ4v) is 1.84. The summed E-state index contributed by atoms with van der Waals surface area (Å²) in [6.45, 7) is 0.228. The lowest BCUT2D eigenvalue weighted by molar-refractivity contribution is -0.145. The van der Waals surface area contributed by atoms with Crippen LogP contribution in [0, 0.1) is 11.8 Å². The van der Waals surface area contributed by atoms with Crippen LogP contribution in [0.5, 0.6) is 0 Å². The van der Waals surface area contributed by atoms with Gasteiger partial charge in [0, 0.05) is 6.42 Å². The van der Waals surface area contributed by atoms with Gasteiger partial charge in [0.1, 0.15) is 13.2 Å². The molecule has 1 atom stereocenters. The normalized spacial score (nSPS) is 18.7. The van der Waals surface area contributed by atoms with E-state index < -0.39 is 5.97 Å². The summed E-state index contributed by atoms with van der Waals surface area (Å²) in [5.74, 6) is 5.10. The first-order valence-corrected chi connectivity index (χ1v) is 6.19. The number of hydrogen-bond acceptors (Lipinski definition) is 5. The van der Waals surface area contributed by atoms with E-state index in [0.717, 1.165) is 12.8 Å². The van der Waals surface area contributed by atoms with Crippen molar-refractivity contribution in [3.05, 3.63) is 0 Å². The second-order valence-corrected chi connectivity index (χ2v) is 4.17. The van der Waals surface area contributed by atoms with Crippen molar-refractivity contribution < 1.29 is 24.2 Å². The molecule has 1 saturated heterocycles. The number of methoxy groups -OCH3 is 1. The molecular formula is C13H19NO5. The molecule has 106 valence electrons. The van der Waals surface area contributed by atoms with Crippen LogP contribution < -0.4 is 0 Å². The minimum absolute atomic E-state index is 0.0232. The number of esters is 1. The SMILES string of the molecule is COC(=O)COCC#CCN1C(=O)CCCC1CO. The largest absolute Gasteiger partial charge is 0.467 e. The van der Waals surface area contributed by atoms with Gasteiger partial charge in [-0.05, 0) is 12.8 Å². The summed E-state index contributed by atoms with van der Waals surface area (Å²) in [6.07, 6.45) is 2.13. The van der Waals surface area contributed by atoms with Gasteiger partial charge in [0.2, 0.25) is 5.91 Å². The van der Waals surface area contributed by atoms with Gasteiger partial charge in [0.05, 0.1) is 26.3 Å². The monoisotopic (exact) mass is 269 g/mol. The molecule has 1 unspecified atom stereocenters. The van der Waals surface area contributed by atoms with E-state index in [1.807, 2.05) is 0 Å². The quantitative estimate of drug-likeness (QED) is 0.416. The van der Waals surface area contributed by atoms with Gasteiger partial charge in [0.15, 0.2) is 0 Å². The van der Waals surface area contributed by atoms with Gasteiger partial charge in [-0.2, -0.15) is 0 Å². The molecule has 0 spiro atoms. The summed E-state index contributed by atoms with van der Waals surface area (Å²) in [4.78, 5) is 24.0. The Labute approximate surface area is 112 Å². The summed E-state index contributed by atoms with van der Waals surface area (Å²) in [5, 5.41) is 9.19. The minimum Gasteiger partial charge on any atom is -0.467 e. The highest BCUT2D eigenvalue weighted by atomic mass is 16.6. The van der Waals surface area contributed by atoms with Gasteiger partial charge in [-0.25, -0.2) is 4.79 Å². The Balaban J connectivity index is 2.30. The van der Waals surface area contributed by atoms with Crippen molar-refractivity contribution in [3.8, 4) is 11.8 Å². The minimum atomic E-state index is -0.451. The summed E-state index contributed by atoms with van der Waals surface area (Å²) in [5.41, 5.74) is 0. The second-order valence-electron chi connectivity index (χ2n) is 4.17. The zero-order valence-corrected chi connectivity index (χ0v) is 11.1. The van der Waals surface area contributed by atoms with E-state index in [9.17, 15) is 14.7 Å². The number of aliphatic hydroxyl groups excluding tert-OH is 1. The number of carbonyl (C=O) groups excluding carboxylic acids is 2. The lowest BCUT2D eigenvalue weighted by atomic mass is 10.0. The highest BCUT2D eigenvalue weighted by molar-refractivity contribution is 5.77. The molecule has 1 rings (SSSR count). The molecular weight excluding hydrogens is 250 g/mol. The molecule has 0 aromatic rings. The molecule has 0 bridgehead atoms.